The van der Waals surface area contributed by atoms with Crippen LogP contribution in [0.4, 0.5) is 0 Å². The van der Waals surface area contributed by atoms with Crippen LogP contribution in [-0.4, -0.2) is 24.7 Å². The van der Waals surface area contributed by atoms with E-state index in [0.29, 0.717) is 12.2 Å². The van der Waals surface area contributed by atoms with Gasteiger partial charge in [-0.25, -0.2) is 9.78 Å². The molecule has 1 aromatic heterocycles. The molecule has 0 N–H and O–H groups in total. The number of benzene rings is 2. The number of nitrogens with zero attached hydrogens (tertiary/aromatic N) is 1. The summed E-state index contributed by atoms with van der Waals surface area (Å²) in [6.45, 7) is 4.58. The van der Waals surface area contributed by atoms with Crippen LogP contribution in [0.25, 0.3) is 22.2 Å². The van der Waals surface area contributed by atoms with Crippen molar-refractivity contribution in [2.24, 2.45) is 0 Å². The number of esters is 1. The van der Waals surface area contributed by atoms with Crippen LogP contribution in [0.3, 0.4) is 0 Å². The highest BCUT2D eigenvalue weighted by molar-refractivity contribution is 6.04. The summed E-state index contributed by atoms with van der Waals surface area (Å²) in [5, 5.41) is 0.827. The van der Waals surface area contributed by atoms with Crippen molar-refractivity contribution >= 4 is 16.9 Å². The third-order valence-corrected chi connectivity index (χ3v) is 4.55. The lowest BCUT2D eigenvalue weighted by Gasteiger charge is -2.11. The maximum atomic E-state index is 12.7. The molecule has 4 heteroatoms. The monoisotopic (exact) mass is 363 g/mol. The van der Waals surface area contributed by atoms with Gasteiger partial charge >= 0.3 is 5.97 Å². The largest absolute Gasteiger partial charge is 0.497 e. The highest BCUT2D eigenvalue weighted by Crippen LogP contribution is 2.27. The zero-order valence-corrected chi connectivity index (χ0v) is 16.1. The van der Waals surface area contributed by atoms with Gasteiger partial charge in [0.15, 0.2) is 0 Å². The molecule has 0 bridgehead atoms. The zero-order chi connectivity index (χ0) is 19.2. The number of hydrogen-bond acceptors (Lipinski definition) is 4. The number of carbonyl (C=O) groups excluding carboxylic acids is 1. The van der Waals surface area contributed by atoms with E-state index in [-0.39, 0.29) is 5.97 Å². The number of carbonyl (C=O) groups is 1. The van der Waals surface area contributed by atoms with Gasteiger partial charge in [0.05, 0.1) is 30.5 Å². The molecule has 0 unspecified atom stereocenters. The van der Waals surface area contributed by atoms with Gasteiger partial charge in [0.2, 0.25) is 0 Å². The minimum Gasteiger partial charge on any atom is -0.497 e. The first kappa shape index (κ1) is 18.9. The second kappa shape index (κ2) is 8.67. The number of ether oxygens (including phenoxy) is 2. The number of aryl methyl sites for hydroxylation is 1. The molecule has 4 nitrogen and oxygen atoms in total. The van der Waals surface area contributed by atoms with Gasteiger partial charge in [0.1, 0.15) is 5.75 Å². The van der Waals surface area contributed by atoms with Crippen molar-refractivity contribution in [1.29, 1.82) is 0 Å². The normalized spacial score (nSPS) is 10.8. The minimum absolute atomic E-state index is 0.293. The predicted molar refractivity (Wildman–Crippen MR) is 108 cm³/mol. The molecular weight excluding hydrogens is 338 g/mol. The van der Waals surface area contributed by atoms with E-state index >= 15 is 0 Å². The molecule has 140 valence electrons. The van der Waals surface area contributed by atoms with Crippen molar-refractivity contribution in [2.75, 3.05) is 13.7 Å². The van der Waals surface area contributed by atoms with Crippen LogP contribution in [0.2, 0.25) is 0 Å². The van der Waals surface area contributed by atoms with Gasteiger partial charge in [-0.3, -0.25) is 0 Å². The van der Waals surface area contributed by atoms with E-state index in [2.05, 4.69) is 6.92 Å². The summed E-state index contributed by atoms with van der Waals surface area (Å²) in [7, 11) is 1.64. The van der Waals surface area contributed by atoms with E-state index in [1.807, 2.05) is 55.5 Å². The number of hydrogen-bond donors (Lipinski definition) is 0. The molecule has 0 aliphatic rings. The summed E-state index contributed by atoms with van der Waals surface area (Å²) in [4.78, 5) is 17.5. The summed E-state index contributed by atoms with van der Waals surface area (Å²) >= 11 is 0. The Morgan fingerprint density at radius 1 is 1.04 bits per heavy atom. The number of rotatable bonds is 7. The number of aromatic nitrogens is 1. The molecule has 27 heavy (non-hydrogen) atoms. The van der Waals surface area contributed by atoms with E-state index in [4.69, 9.17) is 14.5 Å². The van der Waals surface area contributed by atoms with Crippen LogP contribution in [0.5, 0.6) is 5.75 Å². The summed E-state index contributed by atoms with van der Waals surface area (Å²) in [6.07, 6.45) is 3.03. The average molecular weight is 363 g/mol. The van der Waals surface area contributed by atoms with Crippen LogP contribution in [0.15, 0.2) is 48.5 Å². The summed E-state index contributed by atoms with van der Waals surface area (Å²) in [6, 6.07) is 15.4. The Morgan fingerprint density at radius 2 is 1.81 bits per heavy atom. The van der Waals surface area contributed by atoms with Crippen LogP contribution >= 0.6 is 0 Å². The highest BCUT2D eigenvalue weighted by Gasteiger charge is 2.15. The van der Waals surface area contributed by atoms with Gasteiger partial charge in [-0.15, -0.1) is 0 Å². The fraction of sp³-hybridized carbons (Fsp3) is 0.304. The molecule has 0 saturated heterocycles. The molecule has 3 aromatic rings. The van der Waals surface area contributed by atoms with Crippen LogP contribution in [0, 0.1) is 6.92 Å². The molecule has 0 spiro atoms. The van der Waals surface area contributed by atoms with Crippen molar-refractivity contribution in [3.8, 4) is 17.0 Å². The van der Waals surface area contributed by atoms with Crippen molar-refractivity contribution in [1.82, 2.24) is 4.98 Å². The Bertz CT molecular complexity index is 932. The van der Waals surface area contributed by atoms with Gasteiger partial charge in [0.25, 0.3) is 0 Å². The third-order valence-electron chi connectivity index (χ3n) is 4.55. The van der Waals surface area contributed by atoms with E-state index in [9.17, 15) is 4.79 Å². The van der Waals surface area contributed by atoms with Crippen LogP contribution < -0.4 is 4.74 Å². The maximum Gasteiger partial charge on any atom is 0.338 e. The standard InChI is InChI=1S/C23H25NO3/c1-4-5-6-13-27-23(25)20-15-22(17-8-10-18(26-3)11-9-17)24-21-12-7-16(2)14-19(20)21/h7-12,14-15H,4-6,13H2,1-3H3. The van der Waals surface area contributed by atoms with Crippen molar-refractivity contribution in [3.63, 3.8) is 0 Å². The first-order valence-corrected chi connectivity index (χ1v) is 9.35. The molecule has 0 saturated carbocycles. The Labute approximate surface area is 160 Å². The number of unbranched alkanes of at least 4 members (excludes halogenated alkanes) is 2. The van der Waals surface area contributed by atoms with Gasteiger partial charge in [-0.1, -0.05) is 31.4 Å². The van der Waals surface area contributed by atoms with Gasteiger partial charge in [-0.2, -0.15) is 0 Å². The quantitative estimate of drug-likeness (QED) is 0.407. The second-order valence-electron chi connectivity index (χ2n) is 6.65. The van der Waals surface area contributed by atoms with Crippen molar-refractivity contribution < 1.29 is 14.3 Å². The van der Waals surface area contributed by atoms with Gasteiger partial charge < -0.3 is 9.47 Å². The molecule has 0 aliphatic carbocycles. The molecule has 0 radical (unpaired) electrons. The van der Waals surface area contributed by atoms with Gasteiger partial charge in [-0.05, 0) is 55.8 Å². The first-order chi connectivity index (χ1) is 13.1. The molecule has 3 rings (SSSR count). The second-order valence-corrected chi connectivity index (χ2v) is 6.65. The minimum atomic E-state index is -0.293. The fourth-order valence-electron chi connectivity index (χ4n) is 3.01. The molecular formula is C23H25NO3. The smallest absolute Gasteiger partial charge is 0.338 e. The molecule has 0 aliphatic heterocycles. The zero-order valence-electron chi connectivity index (χ0n) is 16.1. The Hall–Kier alpha value is -2.88. The lowest BCUT2D eigenvalue weighted by atomic mass is 10.0. The van der Waals surface area contributed by atoms with Crippen LogP contribution in [0.1, 0.15) is 42.1 Å². The van der Waals surface area contributed by atoms with Gasteiger partial charge in [0, 0.05) is 10.9 Å². The third kappa shape index (κ3) is 4.45. The molecule has 0 fully saturated rings. The van der Waals surface area contributed by atoms with E-state index in [0.717, 1.165) is 52.7 Å². The number of methoxy groups -OCH3 is 1. The lowest BCUT2D eigenvalue weighted by molar-refractivity contribution is 0.0500. The van der Waals surface area contributed by atoms with E-state index in [1.54, 1.807) is 7.11 Å². The molecule has 2 aromatic carbocycles. The fourth-order valence-corrected chi connectivity index (χ4v) is 3.01. The highest BCUT2D eigenvalue weighted by atomic mass is 16.5. The molecule has 0 atom stereocenters. The Morgan fingerprint density at radius 3 is 2.52 bits per heavy atom. The maximum absolute atomic E-state index is 12.7. The summed E-state index contributed by atoms with van der Waals surface area (Å²) < 4.78 is 10.7. The summed E-state index contributed by atoms with van der Waals surface area (Å²) in [5.41, 5.74) is 4.11. The average Bonchev–Trinajstić information content (AvgIpc) is 2.70. The first-order valence-electron chi connectivity index (χ1n) is 9.35. The van der Waals surface area contributed by atoms with E-state index < -0.39 is 0 Å². The molecule has 0 amide bonds. The number of fused-ring (bicyclic) bond motifs is 1. The predicted octanol–water partition coefficient (Wildman–Crippen LogP) is 5.57. The lowest BCUT2D eigenvalue weighted by Crippen LogP contribution is -2.08. The molecule has 1 heterocycles. The topological polar surface area (TPSA) is 48.4 Å². The summed E-state index contributed by atoms with van der Waals surface area (Å²) in [5.74, 6) is 0.490. The van der Waals surface area contributed by atoms with Crippen molar-refractivity contribution in [2.45, 2.75) is 33.1 Å². The SMILES string of the molecule is CCCCCOC(=O)c1cc(-c2ccc(OC)cc2)nc2ccc(C)cc12. The number of pyridine rings is 1. The Kier molecular flexibility index (Phi) is 6.07. The van der Waals surface area contributed by atoms with Crippen molar-refractivity contribution in [3.05, 3.63) is 59.7 Å². The van der Waals surface area contributed by atoms with E-state index in [1.165, 1.54) is 0 Å². The van der Waals surface area contributed by atoms with Crippen LogP contribution in [-0.2, 0) is 4.74 Å². The Balaban J connectivity index is 2.00.